The zero-order valence-electron chi connectivity index (χ0n) is 29.6. The predicted molar refractivity (Wildman–Crippen MR) is 226 cm³/mol. The highest BCUT2D eigenvalue weighted by molar-refractivity contribution is 6.00. The van der Waals surface area contributed by atoms with Gasteiger partial charge >= 0.3 is 0 Å². The van der Waals surface area contributed by atoms with Gasteiger partial charge < -0.3 is 9.64 Å². The molecule has 0 atom stereocenters. The molecule has 9 aromatic carbocycles. The van der Waals surface area contributed by atoms with Crippen LogP contribution in [0.25, 0.3) is 66.4 Å². The molecule has 0 amide bonds. The number of rotatable bonds is 6. The molecule has 10 rings (SSSR count). The van der Waals surface area contributed by atoms with Gasteiger partial charge in [0.25, 0.3) is 0 Å². The predicted octanol–water partition coefficient (Wildman–Crippen LogP) is 14.8. The van der Waals surface area contributed by atoms with Gasteiger partial charge in [-0.25, -0.2) is 0 Å². The molecule has 254 valence electrons. The van der Waals surface area contributed by atoms with Crippen LogP contribution in [-0.4, -0.2) is 0 Å². The first-order chi connectivity index (χ1) is 26.8. The topological polar surface area (TPSA) is 12.5 Å². The molecule has 2 nitrogen and oxygen atoms in total. The molecule has 0 N–H and O–H groups in total. The fourth-order valence-corrected chi connectivity index (χ4v) is 7.82. The van der Waals surface area contributed by atoms with Gasteiger partial charge in [-0.15, -0.1) is 0 Å². The SMILES string of the molecule is c1ccc(-c2ccc(N(c3ccc4c(c3)Oc3cc(-c5ccccc5)ccc3-c3c(-c5ccccc5)cccc3-4)c3ccc4ccccc4c3)cc2)cc1. The van der Waals surface area contributed by atoms with Crippen molar-refractivity contribution in [2.24, 2.45) is 0 Å². The first-order valence-electron chi connectivity index (χ1n) is 18.4. The Kier molecular flexibility index (Phi) is 7.85. The van der Waals surface area contributed by atoms with Gasteiger partial charge in [-0.2, -0.15) is 0 Å². The Bertz CT molecular complexity index is 2770. The second-order valence-corrected chi connectivity index (χ2v) is 13.7. The number of benzene rings is 9. The van der Waals surface area contributed by atoms with Gasteiger partial charge in [0.1, 0.15) is 11.5 Å². The van der Waals surface area contributed by atoms with E-state index >= 15 is 0 Å². The minimum Gasteiger partial charge on any atom is -0.456 e. The number of fused-ring (bicyclic) bond motifs is 6. The first-order valence-corrected chi connectivity index (χ1v) is 18.4. The lowest BCUT2D eigenvalue weighted by Gasteiger charge is -2.27. The van der Waals surface area contributed by atoms with Crippen molar-refractivity contribution in [1.29, 1.82) is 0 Å². The molecule has 2 heteroatoms. The Labute approximate surface area is 315 Å². The van der Waals surface area contributed by atoms with E-state index < -0.39 is 0 Å². The normalized spacial score (nSPS) is 11.5. The standard InChI is InChI=1S/C52H35NO/c1-4-13-36(14-5-1)39-23-27-43(28-24-39)53(44-29-25-38-17-10-11-20-41(38)33-44)45-30-32-47-48-22-12-21-46(40-18-8-3-9-19-40)52(48)49-31-26-42(37-15-6-2-7-16-37)34-50(49)54-51(47)35-45/h1-35H. The molecule has 1 aliphatic rings. The monoisotopic (exact) mass is 689 g/mol. The first kappa shape index (κ1) is 31.6. The molecule has 9 aromatic rings. The molecule has 0 saturated carbocycles. The van der Waals surface area contributed by atoms with E-state index in [0.29, 0.717) is 0 Å². The zero-order chi connectivity index (χ0) is 35.8. The molecule has 54 heavy (non-hydrogen) atoms. The second-order valence-electron chi connectivity index (χ2n) is 13.7. The average molecular weight is 690 g/mol. The van der Waals surface area contributed by atoms with Crippen molar-refractivity contribution in [3.63, 3.8) is 0 Å². The summed E-state index contributed by atoms with van der Waals surface area (Å²) in [6.07, 6.45) is 0. The molecule has 0 aliphatic carbocycles. The van der Waals surface area contributed by atoms with E-state index in [1.54, 1.807) is 0 Å². The lowest BCUT2D eigenvalue weighted by atomic mass is 9.87. The van der Waals surface area contributed by atoms with Gasteiger partial charge in [0.15, 0.2) is 0 Å². The van der Waals surface area contributed by atoms with Crippen LogP contribution in [0.5, 0.6) is 11.5 Å². The van der Waals surface area contributed by atoms with Crippen LogP contribution in [-0.2, 0) is 0 Å². The summed E-state index contributed by atoms with van der Waals surface area (Å²) in [4.78, 5) is 2.33. The fourth-order valence-electron chi connectivity index (χ4n) is 7.82. The maximum absolute atomic E-state index is 7.12. The van der Waals surface area contributed by atoms with Crippen molar-refractivity contribution in [1.82, 2.24) is 0 Å². The molecule has 0 aromatic heterocycles. The second kappa shape index (κ2) is 13.4. The van der Waals surface area contributed by atoms with Crippen molar-refractivity contribution in [3.05, 3.63) is 212 Å². The van der Waals surface area contributed by atoms with Crippen LogP contribution in [0.3, 0.4) is 0 Å². The number of hydrogen-bond donors (Lipinski definition) is 0. The molecule has 0 bridgehead atoms. The van der Waals surface area contributed by atoms with Gasteiger partial charge in [0.2, 0.25) is 0 Å². The molecule has 1 heterocycles. The highest BCUT2D eigenvalue weighted by Crippen LogP contribution is 2.52. The maximum Gasteiger partial charge on any atom is 0.137 e. The molecule has 0 radical (unpaired) electrons. The van der Waals surface area contributed by atoms with E-state index in [1.165, 1.54) is 38.6 Å². The summed E-state index contributed by atoms with van der Waals surface area (Å²) < 4.78 is 7.12. The maximum atomic E-state index is 7.12. The Morgan fingerprint density at radius 3 is 1.54 bits per heavy atom. The van der Waals surface area contributed by atoms with E-state index in [4.69, 9.17) is 4.74 Å². The van der Waals surface area contributed by atoms with Gasteiger partial charge in [-0.3, -0.25) is 0 Å². The van der Waals surface area contributed by atoms with E-state index in [9.17, 15) is 0 Å². The summed E-state index contributed by atoms with van der Waals surface area (Å²) in [5, 5.41) is 2.40. The van der Waals surface area contributed by atoms with E-state index in [0.717, 1.165) is 56.4 Å². The zero-order valence-corrected chi connectivity index (χ0v) is 29.6. The van der Waals surface area contributed by atoms with Crippen molar-refractivity contribution in [3.8, 4) is 67.1 Å². The number of anilines is 3. The summed E-state index contributed by atoms with van der Waals surface area (Å²) in [6, 6.07) is 75.7. The van der Waals surface area contributed by atoms with E-state index in [-0.39, 0.29) is 0 Å². The molecule has 0 fully saturated rings. The molecular weight excluding hydrogens is 655 g/mol. The van der Waals surface area contributed by atoms with Crippen molar-refractivity contribution in [2.75, 3.05) is 4.90 Å². The molecular formula is C52H35NO. The minimum atomic E-state index is 0.814. The van der Waals surface area contributed by atoms with Crippen LogP contribution in [0, 0.1) is 0 Å². The third-order valence-electron chi connectivity index (χ3n) is 10.5. The highest BCUT2D eigenvalue weighted by Gasteiger charge is 2.26. The number of nitrogens with zero attached hydrogens (tertiary/aromatic N) is 1. The number of hydrogen-bond acceptors (Lipinski definition) is 2. The van der Waals surface area contributed by atoms with Crippen LogP contribution in [0.4, 0.5) is 17.1 Å². The summed E-state index contributed by atoms with van der Waals surface area (Å²) in [5.74, 6) is 1.65. The van der Waals surface area contributed by atoms with Gasteiger partial charge in [0, 0.05) is 39.8 Å². The van der Waals surface area contributed by atoms with E-state index in [2.05, 4.69) is 217 Å². The lowest BCUT2D eigenvalue weighted by Crippen LogP contribution is -2.10. The van der Waals surface area contributed by atoms with Crippen molar-refractivity contribution >= 4 is 27.8 Å². The molecule has 1 aliphatic heterocycles. The van der Waals surface area contributed by atoms with Crippen molar-refractivity contribution < 1.29 is 4.74 Å². The van der Waals surface area contributed by atoms with Crippen LogP contribution in [0.15, 0.2) is 212 Å². The van der Waals surface area contributed by atoms with Gasteiger partial charge in [-0.1, -0.05) is 158 Å². The van der Waals surface area contributed by atoms with Gasteiger partial charge in [0.05, 0.1) is 0 Å². The Morgan fingerprint density at radius 2 is 0.796 bits per heavy atom. The smallest absolute Gasteiger partial charge is 0.137 e. The lowest BCUT2D eigenvalue weighted by molar-refractivity contribution is 0.488. The number of ether oxygens (including phenoxy) is 1. The summed E-state index contributed by atoms with van der Waals surface area (Å²) in [7, 11) is 0. The van der Waals surface area contributed by atoms with Crippen LogP contribution >= 0.6 is 0 Å². The largest absolute Gasteiger partial charge is 0.456 e. The van der Waals surface area contributed by atoms with Crippen molar-refractivity contribution in [2.45, 2.75) is 0 Å². The van der Waals surface area contributed by atoms with Crippen LogP contribution < -0.4 is 9.64 Å². The fraction of sp³-hybridized carbons (Fsp3) is 0. The van der Waals surface area contributed by atoms with Gasteiger partial charge in [-0.05, 0) is 98.2 Å². The Hall–Kier alpha value is -7.16. The third kappa shape index (κ3) is 5.71. The Balaban J connectivity index is 1.17. The minimum absolute atomic E-state index is 0.814. The van der Waals surface area contributed by atoms with E-state index in [1.807, 2.05) is 0 Å². The summed E-state index contributed by atoms with van der Waals surface area (Å²) >= 11 is 0. The quantitative estimate of drug-likeness (QED) is 0.172. The third-order valence-corrected chi connectivity index (χ3v) is 10.5. The molecule has 0 unspecified atom stereocenters. The van der Waals surface area contributed by atoms with Crippen LogP contribution in [0.2, 0.25) is 0 Å². The summed E-state index contributed by atoms with van der Waals surface area (Å²) in [6.45, 7) is 0. The molecule has 0 saturated heterocycles. The molecule has 0 spiro atoms. The highest BCUT2D eigenvalue weighted by atomic mass is 16.5. The summed E-state index contributed by atoms with van der Waals surface area (Å²) in [5.41, 5.74) is 14.6. The average Bonchev–Trinajstić information content (AvgIpc) is 3.39. The van der Waals surface area contributed by atoms with Crippen LogP contribution in [0.1, 0.15) is 0 Å². The Morgan fingerprint density at radius 1 is 0.278 bits per heavy atom.